The number of aromatic nitrogens is 5. The fraction of sp³-hybridized carbons (Fsp3) is 0.267. The van der Waals surface area contributed by atoms with Crippen LogP contribution in [0.2, 0.25) is 5.28 Å². The number of aryl methyl sites for hydroxylation is 2. The van der Waals surface area contributed by atoms with Crippen LogP contribution in [0.1, 0.15) is 10.5 Å². The van der Waals surface area contributed by atoms with Crippen LogP contribution in [0, 0.1) is 0 Å². The maximum atomic E-state index is 12.4. The van der Waals surface area contributed by atoms with E-state index in [1.54, 1.807) is 29.9 Å². The van der Waals surface area contributed by atoms with Crippen molar-refractivity contribution in [1.82, 2.24) is 28.6 Å². The number of carbonyl (C=O) groups excluding carboxylic acids is 2. The topological polar surface area (TPSA) is 113 Å². The molecule has 2 amide bonds. The van der Waals surface area contributed by atoms with Gasteiger partial charge in [0.2, 0.25) is 11.2 Å². The summed E-state index contributed by atoms with van der Waals surface area (Å²) in [5.41, 5.74) is -0.833. The second-order valence-electron chi connectivity index (χ2n) is 5.73. The second-order valence-corrected chi connectivity index (χ2v) is 6.06. The number of nitrogens with zero attached hydrogens (tertiary/aromatic N) is 5. The molecule has 0 saturated carbocycles. The molecule has 3 aromatic heterocycles. The van der Waals surface area contributed by atoms with Crippen LogP contribution in [0.15, 0.2) is 27.9 Å². The van der Waals surface area contributed by atoms with Gasteiger partial charge in [0.1, 0.15) is 12.2 Å². The Morgan fingerprint density at radius 3 is 2.50 bits per heavy atom. The molecule has 0 saturated heterocycles. The first kappa shape index (κ1) is 17.7. The van der Waals surface area contributed by atoms with Crippen molar-refractivity contribution in [3.63, 3.8) is 0 Å². The van der Waals surface area contributed by atoms with E-state index in [2.05, 4.69) is 10.3 Å². The second kappa shape index (κ2) is 6.30. The number of hydrogen-bond donors (Lipinski definition) is 1. The molecule has 0 atom stereocenters. The summed E-state index contributed by atoms with van der Waals surface area (Å²) in [6.45, 7) is -0.404. The van der Waals surface area contributed by atoms with Gasteiger partial charge in [0, 0.05) is 27.3 Å². The highest BCUT2D eigenvalue weighted by atomic mass is 35.5. The van der Waals surface area contributed by atoms with Gasteiger partial charge < -0.3 is 4.57 Å². The van der Waals surface area contributed by atoms with Gasteiger partial charge in [-0.25, -0.2) is 4.79 Å². The van der Waals surface area contributed by atoms with E-state index in [-0.39, 0.29) is 16.4 Å². The molecular weight excluding hydrogens is 364 g/mol. The molecule has 0 radical (unpaired) electrons. The Balaban J connectivity index is 1.97. The van der Waals surface area contributed by atoms with Gasteiger partial charge in [0.05, 0.1) is 0 Å². The van der Waals surface area contributed by atoms with E-state index < -0.39 is 29.6 Å². The van der Waals surface area contributed by atoms with Crippen molar-refractivity contribution in [2.24, 2.45) is 21.1 Å². The normalized spacial score (nSPS) is 11.1. The predicted molar refractivity (Wildman–Crippen MR) is 93.1 cm³/mol. The largest absolute Gasteiger partial charge is 0.347 e. The molecule has 0 aromatic carbocycles. The van der Waals surface area contributed by atoms with Crippen molar-refractivity contribution in [1.29, 1.82) is 0 Å². The van der Waals surface area contributed by atoms with Crippen LogP contribution in [-0.2, 0) is 32.5 Å². The number of hydrogen-bond acceptors (Lipinski definition) is 5. The van der Waals surface area contributed by atoms with Crippen molar-refractivity contribution < 1.29 is 9.59 Å². The summed E-state index contributed by atoms with van der Waals surface area (Å²) in [5.74, 6) is -1.25. The van der Waals surface area contributed by atoms with E-state index in [0.29, 0.717) is 5.69 Å². The molecule has 11 heteroatoms. The van der Waals surface area contributed by atoms with Crippen LogP contribution in [0.4, 0.5) is 0 Å². The Morgan fingerprint density at radius 2 is 1.88 bits per heavy atom. The summed E-state index contributed by atoms with van der Waals surface area (Å²) in [6, 6.07) is 3.23. The molecule has 26 heavy (non-hydrogen) atoms. The van der Waals surface area contributed by atoms with Crippen molar-refractivity contribution >= 4 is 34.6 Å². The molecule has 0 aliphatic rings. The smallest absolute Gasteiger partial charge is 0.332 e. The highest BCUT2D eigenvalue weighted by Gasteiger charge is 2.21. The molecule has 0 unspecified atom stereocenters. The number of halogens is 1. The number of amides is 2. The van der Waals surface area contributed by atoms with Crippen LogP contribution in [0.3, 0.4) is 0 Å². The monoisotopic (exact) mass is 378 g/mol. The highest BCUT2D eigenvalue weighted by Crippen LogP contribution is 2.15. The number of rotatable bonds is 3. The molecule has 0 bridgehead atoms. The van der Waals surface area contributed by atoms with E-state index in [4.69, 9.17) is 11.6 Å². The summed E-state index contributed by atoms with van der Waals surface area (Å²) in [4.78, 5) is 52.7. The van der Waals surface area contributed by atoms with Crippen molar-refractivity contribution in [2.75, 3.05) is 0 Å². The first-order valence-corrected chi connectivity index (χ1v) is 7.87. The lowest BCUT2D eigenvalue weighted by Crippen LogP contribution is -2.38. The molecule has 3 aromatic rings. The average molecular weight is 379 g/mol. The van der Waals surface area contributed by atoms with Gasteiger partial charge in [-0.3, -0.25) is 33.4 Å². The summed E-state index contributed by atoms with van der Waals surface area (Å²) in [6.07, 6.45) is 1.67. The summed E-state index contributed by atoms with van der Waals surface area (Å²) in [7, 11) is 4.43. The zero-order valence-corrected chi connectivity index (χ0v) is 14.9. The molecule has 0 aliphatic heterocycles. The molecule has 0 spiro atoms. The average Bonchev–Trinajstić information content (AvgIpc) is 3.15. The lowest BCUT2D eigenvalue weighted by atomic mass is 10.4. The minimum atomic E-state index is -0.673. The van der Waals surface area contributed by atoms with Crippen LogP contribution < -0.4 is 16.6 Å². The highest BCUT2D eigenvalue weighted by molar-refractivity contribution is 6.29. The van der Waals surface area contributed by atoms with Crippen LogP contribution in [0.5, 0.6) is 0 Å². The Kier molecular flexibility index (Phi) is 4.28. The van der Waals surface area contributed by atoms with E-state index in [0.717, 1.165) is 13.7 Å². The third-order valence-electron chi connectivity index (χ3n) is 4.03. The Labute approximate surface area is 151 Å². The first-order chi connectivity index (χ1) is 12.2. The van der Waals surface area contributed by atoms with Crippen LogP contribution in [-0.4, -0.2) is 35.1 Å². The molecule has 0 aliphatic carbocycles. The molecule has 0 fully saturated rings. The Hall–Kier alpha value is -3.14. The lowest BCUT2D eigenvalue weighted by Gasteiger charge is -2.08. The Morgan fingerprint density at radius 1 is 1.19 bits per heavy atom. The summed E-state index contributed by atoms with van der Waals surface area (Å²) >= 11 is 6.04. The van der Waals surface area contributed by atoms with Gasteiger partial charge >= 0.3 is 5.69 Å². The molecule has 3 heterocycles. The van der Waals surface area contributed by atoms with Gasteiger partial charge in [0.15, 0.2) is 11.2 Å². The zero-order valence-electron chi connectivity index (χ0n) is 14.2. The van der Waals surface area contributed by atoms with Gasteiger partial charge in [-0.2, -0.15) is 4.98 Å². The van der Waals surface area contributed by atoms with Gasteiger partial charge in [0.25, 0.3) is 11.5 Å². The predicted octanol–water partition coefficient (Wildman–Crippen LogP) is -0.618. The minimum Gasteiger partial charge on any atom is -0.347 e. The SMILES string of the molecule is Cn1cccc1C(=O)NC(=O)Cn1c(Cl)nc2c1c(=O)n(C)c(=O)n2C. The standard InChI is InChI=1S/C15H15ClN6O4/c1-19-6-4-5-8(19)12(24)17-9(23)7-22-10-11(18-14(22)16)20(2)15(26)21(3)13(10)25/h4-6H,7H2,1-3H3,(H,17,23,24). The Bertz CT molecular complexity index is 1170. The fourth-order valence-corrected chi connectivity index (χ4v) is 2.86. The van der Waals surface area contributed by atoms with Crippen LogP contribution >= 0.6 is 11.6 Å². The molecule has 3 rings (SSSR count). The summed E-state index contributed by atoms with van der Waals surface area (Å²) < 4.78 is 4.77. The minimum absolute atomic E-state index is 0.000987. The molecule has 10 nitrogen and oxygen atoms in total. The number of carbonyl (C=O) groups is 2. The summed E-state index contributed by atoms with van der Waals surface area (Å²) in [5, 5.41) is 2.09. The van der Waals surface area contributed by atoms with Crippen LogP contribution in [0.25, 0.3) is 11.2 Å². The van der Waals surface area contributed by atoms with Crippen molar-refractivity contribution in [3.8, 4) is 0 Å². The van der Waals surface area contributed by atoms with Gasteiger partial charge in [-0.05, 0) is 23.7 Å². The maximum Gasteiger partial charge on any atom is 0.332 e. The number of nitrogens with one attached hydrogen (secondary N) is 1. The molecule has 136 valence electrons. The van der Waals surface area contributed by atoms with Crippen molar-refractivity contribution in [2.45, 2.75) is 6.54 Å². The zero-order chi connectivity index (χ0) is 19.2. The van der Waals surface area contributed by atoms with E-state index in [1.165, 1.54) is 14.1 Å². The van der Waals surface area contributed by atoms with E-state index in [9.17, 15) is 19.2 Å². The third kappa shape index (κ3) is 2.73. The van der Waals surface area contributed by atoms with Gasteiger partial charge in [-0.1, -0.05) is 0 Å². The van der Waals surface area contributed by atoms with E-state index >= 15 is 0 Å². The van der Waals surface area contributed by atoms with Crippen molar-refractivity contribution in [3.05, 3.63) is 50.1 Å². The molecular formula is C15H15ClN6O4. The number of fused-ring (bicyclic) bond motifs is 1. The number of imide groups is 1. The maximum absolute atomic E-state index is 12.4. The first-order valence-electron chi connectivity index (χ1n) is 7.49. The van der Waals surface area contributed by atoms with Gasteiger partial charge in [-0.15, -0.1) is 0 Å². The molecule has 1 N–H and O–H groups in total. The number of imidazole rings is 1. The van der Waals surface area contributed by atoms with E-state index in [1.807, 2.05) is 0 Å². The third-order valence-corrected chi connectivity index (χ3v) is 4.32. The quantitative estimate of drug-likeness (QED) is 0.610. The fourth-order valence-electron chi connectivity index (χ4n) is 2.64. The lowest BCUT2D eigenvalue weighted by molar-refractivity contribution is -0.120.